The number of pyridine rings is 1. The second-order valence-corrected chi connectivity index (χ2v) is 5.64. The minimum atomic E-state index is -3.45. The summed E-state index contributed by atoms with van der Waals surface area (Å²) in [6.07, 6.45) is 1.62. The zero-order chi connectivity index (χ0) is 12.2. The summed E-state index contributed by atoms with van der Waals surface area (Å²) in [5.74, 6) is -0.339. The molecule has 0 radical (unpaired) electrons. The number of aromatic nitrogens is 1. The normalized spacial score (nSPS) is 11.3. The number of rotatable bonds is 5. The first kappa shape index (κ1) is 13.0. The van der Waals surface area contributed by atoms with Gasteiger partial charge in [-0.3, -0.25) is 4.98 Å². The van der Waals surface area contributed by atoms with E-state index in [4.69, 9.17) is 5.73 Å². The van der Waals surface area contributed by atoms with Gasteiger partial charge in [0.15, 0.2) is 0 Å². The Bertz CT molecular complexity index is 485. The maximum atomic E-state index is 11.4. The Morgan fingerprint density at radius 2 is 2.31 bits per heavy atom. The molecule has 0 unspecified atom stereocenters. The molecule has 1 aromatic heterocycles. The Labute approximate surface area is 100 Å². The monoisotopic (exact) mass is 259 g/mol. The molecule has 0 atom stereocenters. The fourth-order valence-corrected chi connectivity index (χ4v) is 2.42. The molecule has 0 aromatic carbocycles. The van der Waals surface area contributed by atoms with E-state index in [0.717, 1.165) is 5.56 Å². The van der Waals surface area contributed by atoms with Crippen molar-refractivity contribution < 1.29 is 8.42 Å². The quantitative estimate of drug-likeness (QED) is 0.732. The van der Waals surface area contributed by atoms with Crippen molar-refractivity contribution in [3.05, 3.63) is 29.6 Å². The van der Waals surface area contributed by atoms with Gasteiger partial charge in [-0.15, -0.1) is 0 Å². The summed E-state index contributed by atoms with van der Waals surface area (Å²) >= 11 is 4.54. The molecule has 0 aliphatic rings. The van der Waals surface area contributed by atoms with E-state index in [0.29, 0.717) is 5.69 Å². The summed E-state index contributed by atoms with van der Waals surface area (Å²) < 4.78 is 25.2. The number of nitrogens with two attached hydrogens (primary N) is 1. The molecule has 16 heavy (non-hydrogen) atoms. The number of hydrogen-bond acceptors (Lipinski definition) is 4. The van der Waals surface area contributed by atoms with Crippen LogP contribution < -0.4 is 10.5 Å². The molecular formula is C9H13N3O2S2. The maximum absolute atomic E-state index is 11.4. The van der Waals surface area contributed by atoms with Crippen LogP contribution in [0.4, 0.5) is 0 Å². The highest BCUT2D eigenvalue weighted by Gasteiger charge is 2.12. The van der Waals surface area contributed by atoms with E-state index in [2.05, 4.69) is 21.9 Å². The van der Waals surface area contributed by atoms with Crippen molar-refractivity contribution in [2.24, 2.45) is 5.73 Å². The topological polar surface area (TPSA) is 85.1 Å². The van der Waals surface area contributed by atoms with Gasteiger partial charge in [-0.2, -0.15) is 0 Å². The van der Waals surface area contributed by atoms with Crippen LogP contribution in [0, 0.1) is 6.92 Å². The first-order chi connectivity index (χ1) is 7.41. The molecule has 88 valence electrons. The predicted octanol–water partition coefficient (Wildman–Crippen LogP) is 0.0955. The summed E-state index contributed by atoms with van der Waals surface area (Å²) in [5.41, 5.74) is 6.79. The number of sulfonamides is 1. The van der Waals surface area contributed by atoms with Gasteiger partial charge in [0.05, 0.1) is 17.2 Å². The molecule has 7 heteroatoms. The van der Waals surface area contributed by atoms with Gasteiger partial charge in [-0.1, -0.05) is 18.3 Å². The van der Waals surface area contributed by atoms with Crippen molar-refractivity contribution in [3.8, 4) is 0 Å². The van der Waals surface area contributed by atoms with Crippen LogP contribution in [0.25, 0.3) is 0 Å². The van der Waals surface area contributed by atoms with Crippen LogP contribution in [0.2, 0.25) is 0 Å². The lowest BCUT2D eigenvalue weighted by atomic mass is 10.2. The Kier molecular flexibility index (Phi) is 4.34. The third kappa shape index (κ3) is 4.21. The van der Waals surface area contributed by atoms with Crippen molar-refractivity contribution in [2.45, 2.75) is 13.5 Å². The summed E-state index contributed by atoms with van der Waals surface area (Å²) in [6, 6.07) is 3.66. The number of aryl methyl sites for hydroxylation is 1. The SMILES string of the molecule is Cc1cccnc1CNS(=O)(=O)CC(N)=S. The fourth-order valence-electron chi connectivity index (χ4n) is 1.12. The van der Waals surface area contributed by atoms with E-state index < -0.39 is 10.0 Å². The molecular weight excluding hydrogens is 246 g/mol. The van der Waals surface area contributed by atoms with Gasteiger partial charge in [0.25, 0.3) is 0 Å². The zero-order valence-electron chi connectivity index (χ0n) is 8.80. The molecule has 0 bridgehead atoms. The van der Waals surface area contributed by atoms with Crippen molar-refractivity contribution >= 4 is 27.2 Å². The minimum absolute atomic E-state index is 0.0507. The van der Waals surface area contributed by atoms with Gasteiger partial charge in [0.1, 0.15) is 5.75 Å². The van der Waals surface area contributed by atoms with Gasteiger partial charge in [0.2, 0.25) is 10.0 Å². The molecule has 0 aliphatic heterocycles. The maximum Gasteiger partial charge on any atom is 0.218 e. The summed E-state index contributed by atoms with van der Waals surface area (Å²) in [6.45, 7) is 2.02. The van der Waals surface area contributed by atoms with Crippen LogP contribution in [0.3, 0.4) is 0 Å². The predicted molar refractivity (Wildman–Crippen MR) is 66.4 cm³/mol. The Hall–Kier alpha value is -1.05. The van der Waals surface area contributed by atoms with Gasteiger partial charge in [-0.05, 0) is 18.6 Å². The molecule has 0 saturated heterocycles. The van der Waals surface area contributed by atoms with Gasteiger partial charge < -0.3 is 5.73 Å². The lowest BCUT2D eigenvalue weighted by Gasteiger charge is -2.07. The second-order valence-electron chi connectivity index (χ2n) is 3.31. The van der Waals surface area contributed by atoms with E-state index in [9.17, 15) is 8.42 Å². The van der Waals surface area contributed by atoms with Crippen LogP contribution in [0.15, 0.2) is 18.3 Å². The van der Waals surface area contributed by atoms with Crippen LogP contribution in [-0.2, 0) is 16.6 Å². The third-order valence-electron chi connectivity index (χ3n) is 1.91. The molecule has 5 nitrogen and oxygen atoms in total. The van der Waals surface area contributed by atoms with Crippen LogP contribution in [0.5, 0.6) is 0 Å². The largest absolute Gasteiger partial charge is 0.392 e. The fraction of sp³-hybridized carbons (Fsp3) is 0.333. The number of nitrogens with one attached hydrogen (secondary N) is 1. The Morgan fingerprint density at radius 3 is 2.88 bits per heavy atom. The first-order valence-corrected chi connectivity index (χ1v) is 6.63. The van der Waals surface area contributed by atoms with E-state index in [1.165, 1.54) is 0 Å². The van der Waals surface area contributed by atoms with Crippen LogP contribution in [-0.4, -0.2) is 24.1 Å². The molecule has 0 aliphatic carbocycles. The number of nitrogens with zero attached hydrogens (tertiary/aromatic N) is 1. The Balaban J connectivity index is 2.65. The molecule has 1 heterocycles. The lowest BCUT2D eigenvalue weighted by molar-refractivity contribution is 0.584. The highest BCUT2D eigenvalue weighted by molar-refractivity contribution is 7.92. The molecule has 0 fully saturated rings. The number of thiocarbonyl (C=S) groups is 1. The van der Waals surface area contributed by atoms with Crippen LogP contribution >= 0.6 is 12.2 Å². The average Bonchev–Trinajstić information content (AvgIpc) is 2.14. The molecule has 0 amide bonds. The van der Waals surface area contributed by atoms with Crippen molar-refractivity contribution in [1.29, 1.82) is 0 Å². The lowest BCUT2D eigenvalue weighted by Crippen LogP contribution is -2.32. The van der Waals surface area contributed by atoms with Crippen molar-refractivity contribution in [2.75, 3.05) is 5.75 Å². The first-order valence-electron chi connectivity index (χ1n) is 4.57. The van der Waals surface area contributed by atoms with E-state index in [1.807, 2.05) is 13.0 Å². The standard InChI is InChI=1S/C9H13N3O2S2/c1-7-3-2-4-11-8(7)5-12-16(13,14)6-9(10)15/h2-4,12H,5-6H2,1H3,(H2,10,15). The third-order valence-corrected chi connectivity index (χ3v) is 3.51. The van der Waals surface area contributed by atoms with E-state index >= 15 is 0 Å². The second kappa shape index (κ2) is 5.33. The average molecular weight is 259 g/mol. The molecule has 1 rings (SSSR count). The van der Waals surface area contributed by atoms with Gasteiger partial charge >= 0.3 is 0 Å². The number of hydrogen-bond donors (Lipinski definition) is 2. The van der Waals surface area contributed by atoms with Gasteiger partial charge in [0, 0.05) is 6.20 Å². The summed E-state index contributed by atoms with van der Waals surface area (Å²) in [7, 11) is -3.45. The van der Waals surface area contributed by atoms with E-state index in [-0.39, 0.29) is 17.3 Å². The minimum Gasteiger partial charge on any atom is -0.392 e. The summed E-state index contributed by atoms with van der Waals surface area (Å²) in [5, 5.41) is 0. The summed E-state index contributed by atoms with van der Waals surface area (Å²) in [4.78, 5) is 4.02. The molecule has 1 aromatic rings. The van der Waals surface area contributed by atoms with Gasteiger partial charge in [-0.25, -0.2) is 13.1 Å². The van der Waals surface area contributed by atoms with Crippen molar-refractivity contribution in [1.82, 2.24) is 9.71 Å². The molecule has 0 saturated carbocycles. The van der Waals surface area contributed by atoms with Crippen molar-refractivity contribution in [3.63, 3.8) is 0 Å². The molecule has 0 spiro atoms. The van der Waals surface area contributed by atoms with E-state index in [1.54, 1.807) is 12.3 Å². The smallest absolute Gasteiger partial charge is 0.218 e. The highest BCUT2D eigenvalue weighted by Crippen LogP contribution is 2.02. The molecule has 3 N–H and O–H groups in total. The zero-order valence-corrected chi connectivity index (χ0v) is 10.4. The van der Waals surface area contributed by atoms with Crippen LogP contribution in [0.1, 0.15) is 11.3 Å². The highest BCUT2D eigenvalue weighted by atomic mass is 32.2. The Morgan fingerprint density at radius 1 is 1.62 bits per heavy atom.